The number of fused-ring (bicyclic) bond motifs is 2. The first-order valence-corrected chi connectivity index (χ1v) is 10.2. The van der Waals surface area contributed by atoms with Crippen molar-refractivity contribution in [3.8, 4) is 0 Å². The van der Waals surface area contributed by atoms with Crippen molar-refractivity contribution in [3.05, 3.63) is 0 Å². The Labute approximate surface area is 128 Å². The molecule has 3 fully saturated rings. The van der Waals surface area contributed by atoms with Gasteiger partial charge in [0.25, 0.3) is 0 Å². The maximum Gasteiger partial charge on any atom is 0.211 e. The van der Waals surface area contributed by atoms with Gasteiger partial charge in [-0.25, -0.2) is 12.7 Å². The molecule has 122 valence electrons. The van der Waals surface area contributed by atoms with Crippen LogP contribution in [0.2, 0.25) is 0 Å². The molecule has 3 N–H and O–H groups in total. The van der Waals surface area contributed by atoms with Gasteiger partial charge in [0.2, 0.25) is 10.0 Å². The lowest BCUT2D eigenvalue weighted by molar-refractivity contribution is 0.182. The molecule has 0 aromatic heterocycles. The van der Waals surface area contributed by atoms with E-state index in [4.69, 9.17) is 5.84 Å². The fraction of sp³-hybridized carbons (Fsp3) is 1.00. The van der Waals surface area contributed by atoms with Gasteiger partial charge in [-0.1, -0.05) is 6.42 Å². The van der Waals surface area contributed by atoms with Gasteiger partial charge in [-0.15, -0.1) is 0 Å². The first-order chi connectivity index (χ1) is 9.97. The molecule has 2 bridgehead atoms. The Balaban J connectivity index is 1.59. The van der Waals surface area contributed by atoms with Gasteiger partial charge in [-0.2, -0.15) is 0 Å². The number of piperidine rings is 1. The second-order valence-electron chi connectivity index (χ2n) is 7.48. The quantitative estimate of drug-likeness (QED) is 0.592. The van der Waals surface area contributed by atoms with Crippen molar-refractivity contribution in [2.75, 3.05) is 19.3 Å². The van der Waals surface area contributed by atoms with Gasteiger partial charge in [0.1, 0.15) is 0 Å². The topological polar surface area (TPSA) is 75.4 Å². The van der Waals surface area contributed by atoms with Crippen molar-refractivity contribution in [2.24, 2.45) is 29.5 Å². The van der Waals surface area contributed by atoms with E-state index in [1.807, 2.05) is 0 Å². The molecule has 3 rings (SSSR count). The van der Waals surface area contributed by atoms with Crippen molar-refractivity contribution in [3.63, 3.8) is 0 Å². The molecule has 0 aromatic carbocycles. The monoisotopic (exact) mass is 315 g/mol. The number of nitrogens with two attached hydrogens (primary N) is 1. The first kappa shape index (κ1) is 15.7. The summed E-state index contributed by atoms with van der Waals surface area (Å²) in [6.45, 7) is 1.36. The summed E-state index contributed by atoms with van der Waals surface area (Å²) in [5.41, 5.74) is 3.06. The average Bonchev–Trinajstić information content (AvgIpc) is 3.07. The Morgan fingerprint density at radius 1 is 1.29 bits per heavy atom. The van der Waals surface area contributed by atoms with E-state index in [2.05, 4.69) is 5.43 Å². The van der Waals surface area contributed by atoms with Gasteiger partial charge in [-0.05, 0) is 62.2 Å². The summed E-state index contributed by atoms with van der Waals surface area (Å²) < 4.78 is 25.1. The lowest BCUT2D eigenvalue weighted by Gasteiger charge is -2.36. The third-order valence-electron chi connectivity index (χ3n) is 6.06. The fourth-order valence-corrected chi connectivity index (χ4v) is 5.98. The van der Waals surface area contributed by atoms with Gasteiger partial charge < -0.3 is 0 Å². The van der Waals surface area contributed by atoms with E-state index in [9.17, 15) is 8.42 Å². The molecule has 0 spiro atoms. The van der Waals surface area contributed by atoms with E-state index in [-0.39, 0.29) is 0 Å². The fourth-order valence-electron chi connectivity index (χ4n) is 5.03. The van der Waals surface area contributed by atoms with Gasteiger partial charge in [-0.3, -0.25) is 11.3 Å². The molecule has 0 aromatic rings. The van der Waals surface area contributed by atoms with Crippen LogP contribution in [0.1, 0.15) is 44.9 Å². The van der Waals surface area contributed by atoms with Crippen LogP contribution in [0, 0.1) is 23.7 Å². The SMILES string of the molecule is CS(=O)(=O)N1CCCC(CC(NN)C2CC3CCC2C3)C1. The molecule has 3 aliphatic rings. The molecule has 0 amide bonds. The third kappa shape index (κ3) is 3.44. The zero-order chi connectivity index (χ0) is 15.0. The minimum Gasteiger partial charge on any atom is -0.271 e. The lowest BCUT2D eigenvalue weighted by atomic mass is 9.79. The molecule has 1 saturated heterocycles. The van der Waals surface area contributed by atoms with Gasteiger partial charge in [0.05, 0.1) is 6.26 Å². The highest BCUT2D eigenvalue weighted by Gasteiger charge is 2.43. The van der Waals surface area contributed by atoms with E-state index in [1.54, 1.807) is 4.31 Å². The Kier molecular flexibility index (Phi) is 4.60. The Morgan fingerprint density at radius 3 is 2.67 bits per heavy atom. The van der Waals surface area contributed by atoms with Crippen molar-refractivity contribution in [1.29, 1.82) is 0 Å². The molecule has 0 radical (unpaired) electrons. The number of sulfonamides is 1. The van der Waals surface area contributed by atoms with Crippen LogP contribution in [-0.2, 0) is 10.0 Å². The Bertz CT molecular complexity index is 468. The second kappa shape index (κ2) is 6.14. The smallest absolute Gasteiger partial charge is 0.211 e. The van der Waals surface area contributed by atoms with Crippen molar-refractivity contribution >= 4 is 10.0 Å². The second-order valence-corrected chi connectivity index (χ2v) is 9.46. The molecular formula is C15H29N3O2S. The maximum atomic E-state index is 11.7. The summed E-state index contributed by atoms with van der Waals surface area (Å²) in [5.74, 6) is 8.78. The normalized spacial score (nSPS) is 38.8. The minimum atomic E-state index is -3.05. The van der Waals surface area contributed by atoms with Crippen LogP contribution in [0.5, 0.6) is 0 Å². The molecule has 5 atom stereocenters. The van der Waals surface area contributed by atoms with Crippen LogP contribution in [0.3, 0.4) is 0 Å². The van der Waals surface area contributed by atoms with E-state index >= 15 is 0 Å². The number of rotatable bonds is 5. The maximum absolute atomic E-state index is 11.7. The number of nitrogens with zero attached hydrogens (tertiary/aromatic N) is 1. The molecule has 1 aliphatic heterocycles. The van der Waals surface area contributed by atoms with Crippen LogP contribution in [0.15, 0.2) is 0 Å². The van der Waals surface area contributed by atoms with E-state index in [0.717, 1.165) is 31.1 Å². The zero-order valence-corrected chi connectivity index (χ0v) is 13.8. The van der Waals surface area contributed by atoms with Crippen molar-refractivity contribution in [1.82, 2.24) is 9.73 Å². The summed E-state index contributed by atoms with van der Waals surface area (Å²) in [5, 5.41) is 0. The number of nitrogens with one attached hydrogen (secondary N) is 1. The Morgan fingerprint density at radius 2 is 2.10 bits per heavy atom. The van der Waals surface area contributed by atoms with E-state index in [1.165, 1.54) is 31.9 Å². The molecule has 5 nitrogen and oxygen atoms in total. The summed E-state index contributed by atoms with van der Waals surface area (Å²) in [6, 6.07) is 0.366. The molecule has 6 heteroatoms. The number of hydrogen-bond acceptors (Lipinski definition) is 4. The van der Waals surface area contributed by atoms with Gasteiger partial charge in [0, 0.05) is 19.1 Å². The molecule has 2 aliphatic carbocycles. The highest BCUT2D eigenvalue weighted by atomic mass is 32.2. The minimum absolute atomic E-state index is 0.366. The highest BCUT2D eigenvalue weighted by Crippen LogP contribution is 2.50. The third-order valence-corrected chi connectivity index (χ3v) is 7.33. The van der Waals surface area contributed by atoms with E-state index < -0.39 is 10.0 Å². The average molecular weight is 315 g/mol. The largest absolute Gasteiger partial charge is 0.271 e. The van der Waals surface area contributed by atoms with Crippen LogP contribution in [0.25, 0.3) is 0 Å². The summed E-state index contributed by atoms with van der Waals surface area (Å²) in [7, 11) is -3.05. The lowest BCUT2D eigenvalue weighted by Crippen LogP contribution is -2.47. The Hall–Kier alpha value is -0.170. The molecule has 2 saturated carbocycles. The van der Waals surface area contributed by atoms with Crippen molar-refractivity contribution in [2.45, 2.75) is 51.0 Å². The van der Waals surface area contributed by atoms with Crippen LogP contribution in [0.4, 0.5) is 0 Å². The standard InChI is InChI=1S/C15H29N3O2S/c1-21(19,20)18-6-2-3-12(10-18)9-15(17-16)14-8-11-4-5-13(14)7-11/h11-15,17H,2-10,16H2,1H3. The first-order valence-electron chi connectivity index (χ1n) is 8.38. The number of hydrazine groups is 1. The highest BCUT2D eigenvalue weighted by molar-refractivity contribution is 7.88. The predicted octanol–water partition coefficient (Wildman–Crippen LogP) is 1.32. The molecule has 5 unspecified atom stereocenters. The molecular weight excluding hydrogens is 286 g/mol. The number of hydrogen-bond donors (Lipinski definition) is 2. The van der Waals surface area contributed by atoms with Gasteiger partial charge >= 0.3 is 0 Å². The van der Waals surface area contributed by atoms with Gasteiger partial charge in [0.15, 0.2) is 0 Å². The van der Waals surface area contributed by atoms with E-state index in [0.29, 0.717) is 31.0 Å². The van der Waals surface area contributed by atoms with Crippen LogP contribution >= 0.6 is 0 Å². The van der Waals surface area contributed by atoms with Crippen molar-refractivity contribution < 1.29 is 8.42 Å². The summed E-state index contributed by atoms with van der Waals surface area (Å²) in [4.78, 5) is 0. The van der Waals surface area contributed by atoms with Crippen LogP contribution in [-0.4, -0.2) is 38.1 Å². The van der Waals surface area contributed by atoms with Crippen LogP contribution < -0.4 is 11.3 Å². The summed E-state index contributed by atoms with van der Waals surface area (Å²) in [6.07, 6.45) is 9.94. The molecule has 21 heavy (non-hydrogen) atoms. The molecule has 1 heterocycles. The zero-order valence-electron chi connectivity index (χ0n) is 13.0. The summed E-state index contributed by atoms with van der Waals surface area (Å²) >= 11 is 0. The predicted molar refractivity (Wildman–Crippen MR) is 83.8 cm³/mol.